The lowest BCUT2D eigenvalue weighted by Gasteiger charge is -2.20. The maximum atomic E-state index is 12.8. The molecule has 0 radical (unpaired) electrons. The van der Waals surface area contributed by atoms with Gasteiger partial charge in [0, 0.05) is 32.6 Å². The van der Waals surface area contributed by atoms with Gasteiger partial charge in [0.1, 0.15) is 5.69 Å². The summed E-state index contributed by atoms with van der Waals surface area (Å²) in [7, 11) is 4.05. The molecular weight excluding hydrogens is 274 g/mol. The van der Waals surface area contributed by atoms with E-state index in [4.69, 9.17) is 0 Å². The fraction of sp³-hybridized carbons (Fsp3) is 0.389. The van der Waals surface area contributed by atoms with Crippen molar-refractivity contribution >= 4 is 27.8 Å². The first-order valence-electron chi connectivity index (χ1n) is 7.92. The summed E-state index contributed by atoms with van der Waals surface area (Å²) in [6.07, 6.45) is 0.979. The van der Waals surface area contributed by atoms with Gasteiger partial charge < -0.3 is 14.0 Å². The van der Waals surface area contributed by atoms with Crippen LogP contribution in [0.5, 0.6) is 0 Å². The van der Waals surface area contributed by atoms with E-state index in [9.17, 15) is 4.79 Å². The molecule has 2 aromatic heterocycles. The number of rotatable bonds is 4. The van der Waals surface area contributed by atoms with E-state index < -0.39 is 0 Å². The lowest BCUT2D eigenvalue weighted by atomic mass is 10.2. The van der Waals surface area contributed by atoms with Gasteiger partial charge in [-0.3, -0.25) is 4.79 Å². The molecular formula is C18H23N3O. The largest absolute Gasteiger partial charge is 0.342 e. The van der Waals surface area contributed by atoms with Crippen molar-refractivity contribution in [3.8, 4) is 0 Å². The summed E-state index contributed by atoms with van der Waals surface area (Å²) in [4.78, 5) is 14.7. The Hall–Kier alpha value is -2.23. The van der Waals surface area contributed by atoms with E-state index in [1.165, 1.54) is 10.9 Å². The topological polar surface area (TPSA) is 30.2 Å². The second kappa shape index (κ2) is 5.52. The highest BCUT2D eigenvalue weighted by molar-refractivity contribution is 6.10. The Balaban J connectivity index is 2.19. The van der Waals surface area contributed by atoms with Crippen molar-refractivity contribution in [3.05, 3.63) is 36.0 Å². The average Bonchev–Trinajstić information content (AvgIpc) is 3.01. The molecule has 0 aliphatic rings. The van der Waals surface area contributed by atoms with Gasteiger partial charge in [-0.1, -0.05) is 25.1 Å². The molecule has 0 N–H and O–H groups in total. The van der Waals surface area contributed by atoms with Crippen molar-refractivity contribution in [1.82, 2.24) is 14.0 Å². The first-order valence-corrected chi connectivity index (χ1v) is 7.92. The minimum Gasteiger partial charge on any atom is -0.342 e. The lowest BCUT2D eigenvalue weighted by Crippen LogP contribution is -2.32. The van der Waals surface area contributed by atoms with E-state index >= 15 is 0 Å². The van der Waals surface area contributed by atoms with Gasteiger partial charge >= 0.3 is 0 Å². The fourth-order valence-electron chi connectivity index (χ4n) is 3.30. The molecule has 116 valence electrons. The summed E-state index contributed by atoms with van der Waals surface area (Å²) in [5.74, 6) is 0.118. The first kappa shape index (κ1) is 14.7. The molecule has 0 atom stereocenters. The molecule has 4 nitrogen and oxygen atoms in total. The molecule has 0 bridgehead atoms. The van der Waals surface area contributed by atoms with Crippen LogP contribution in [-0.4, -0.2) is 33.0 Å². The van der Waals surface area contributed by atoms with Crippen LogP contribution >= 0.6 is 0 Å². The number of hydrogen-bond acceptors (Lipinski definition) is 1. The zero-order valence-electron chi connectivity index (χ0n) is 13.8. The van der Waals surface area contributed by atoms with Crippen molar-refractivity contribution in [2.45, 2.75) is 20.3 Å². The van der Waals surface area contributed by atoms with E-state index in [1.54, 1.807) is 0 Å². The molecule has 4 heteroatoms. The van der Waals surface area contributed by atoms with Crippen LogP contribution in [0.3, 0.4) is 0 Å². The monoisotopic (exact) mass is 297 g/mol. The Labute approximate surface area is 130 Å². The van der Waals surface area contributed by atoms with E-state index in [0.717, 1.165) is 36.2 Å². The highest BCUT2D eigenvalue weighted by Crippen LogP contribution is 2.30. The number of para-hydroxylation sites is 1. The fourth-order valence-corrected chi connectivity index (χ4v) is 3.30. The van der Waals surface area contributed by atoms with Gasteiger partial charge in [-0.05, 0) is 25.5 Å². The molecule has 0 unspecified atom stereocenters. The molecule has 0 aliphatic heterocycles. The van der Waals surface area contributed by atoms with Crippen LogP contribution in [0.1, 0.15) is 30.8 Å². The van der Waals surface area contributed by atoms with Crippen LogP contribution < -0.4 is 0 Å². The number of nitrogens with zero attached hydrogens (tertiary/aromatic N) is 3. The summed E-state index contributed by atoms with van der Waals surface area (Å²) in [5, 5.41) is 1.19. The summed E-state index contributed by atoms with van der Waals surface area (Å²) in [6, 6.07) is 10.4. The minimum atomic E-state index is 0.118. The van der Waals surface area contributed by atoms with Gasteiger partial charge in [-0.15, -0.1) is 0 Å². The summed E-state index contributed by atoms with van der Waals surface area (Å²) in [6.45, 7) is 5.68. The molecule has 2 heterocycles. The van der Waals surface area contributed by atoms with Crippen molar-refractivity contribution in [3.63, 3.8) is 0 Å². The molecule has 0 spiro atoms. The van der Waals surface area contributed by atoms with Gasteiger partial charge in [0.25, 0.3) is 5.91 Å². The highest BCUT2D eigenvalue weighted by atomic mass is 16.2. The quantitative estimate of drug-likeness (QED) is 0.724. The minimum absolute atomic E-state index is 0.118. The van der Waals surface area contributed by atoms with Crippen LogP contribution in [0.4, 0.5) is 0 Å². The van der Waals surface area contributed by atoms with E-state index in [0.29, 0.717) is 0 Å². The van der Waals surface area contributed by atoms with Crippen LogP contribution in [0.15, 0.2) is 30.3 Å². The van der Waals surface area contributed by atoms with Crippen molar-refractivity contribution in [2.24, 2.45) is 14.1 Å². The number of aryl methyl sites for hydroxylation is 2. The van der Waals surface area contributed by atoms with Gasteiger partial charge in [0.05, 0.1) is 16.6 Å². The first-order chi connectivity index (χ1) is 10.6. The summed E-state index contributed by atoms with van der Waals surface area (Å²) in [5.41, 5.74) is 4.21. The van der Waals surface area contributed by atoms with Crippen LogP contribution in [0.2, 0.25) is 0 Å². The SMILES string of the molecule is CCCN(CC)C(=O)c1cc2c(c3ccccc3n2C)n1C. The smallest absolute Gasteiger partial charge is 0.270 e. The third kappa shape index (κ3) is 2.02. The zero-order valence-corrected chi connectivity index (χ0v) is 13.8. The second-order valence-electron chi connectivity index (χ2n) is 5.78. The Kier molecular flexibility index (Phi) is 3.69. The standard InChI is InChI=1S/C18H23N3O/c1-5-11-21(6-2)18(22)16-12-15-17(20(16)4)13-9-7-8-10-14(13)19(15)3/h7-10,12H,5-6,11H2,1-4H3. The number of aromatic nitrogens is 2. The molecule has 1 aromatic carbocycles. The number of fused-ring (bicyclic) bond motifs is 3. The van der Waals surface area contributed by atoms with E-state index in [-0.39, 0.29) is 5.91 Å². The summed E-state index contributed by atoms with van der Waals surface area (Å²) >= 11 is 0. The number of carbonyl (C=O) groups is 1. The van der Waals surface area contributed by atoms with Crippen molar-refractivity contribution in [2.75, 3.05) is 13.1 Å². The third-order valence-corrected chi connectivity index (χ3v) is 4.48. The second-order valence-corrected chi connectivity index (χ2v) is 5.78. The highest BCUT2D eigenvalue weighted by Gasteiger charge is 2.21. The number of amides is 1. The molecule has 0 fully saturated rings. The average molecular weight is 297 g/mol. The number of benzene rings is 1. The molecule has 22 heavy (non-hydrogen) atoms. The molecule has 0 aliphatic carbocycles. The van der Waals surface area contributed by atoms with E-state index in [2.05, 4.69) is 30.7 Å². The Morgan fingerprint density at radius 3 is 2.50 bits per heavy atom. The lowest BCUT2D eigenvalue weighted by molar-refractivity contribution is 0.0755. The Morgan fingerprint density at radius 2 is 1.82 bits per heavy atom. The molecule has 0 saturated carbocycles. The van der Waals surface area contributed by atoms with Gasteiger partial charge in [-0.2, -0.15) is 0 Å². The maximum absolute atomic E-state index is 12.8. The van der Waals surface area contributed by atoms with Gasteiger partial charge in [0.15, 0.2) is 0 Å². The van der Waals surface area contributed by atoms with Crippen LogP contribution in [0.25, 0.3) is 21.9 Å². The van der Waals surface area contributed by atoms with E-state index in [1.807, 2.05) is 41.6 Å². The molecule has 3 rings (SSSR count). The normalized spacial score (nSPS) is 11.5. The van der Waals surface area contributed by atoms with Crippen LogP contribution in [0, 0.1) is 0 Å². The van der Waals surface area contributed by atoms with Crippen molar-refractivity contribution in [1.29, 1.82) is 0 Å². The summed E-state index contributed by atoms with van der Waals surface area (Å²) < 4.78 is 4.20. The number of hydrogen-bond donors (Lipinski definition) is 0. The molecule has 3 aromatic rings. The Morgan fingerprint density at radius 1 is 1.09 bits per heavy atom. The van der Waals surface area contributed by atoms with Crippen LogP contribution in [-0.2, 0) is 14.1 Å². The molecule has 0 saturated heterocycles. The van der Waals surface area contributed by atoms with Gasteiger partial charge in [-0.25, -0.2) is 0 Å². The maximum Gasteiger partial charge on any atom is 0.270 e. The predicted molar refractivity (Wildman–Crippen MR) is 91.3 cm³/mol. The number of carbonyl (C=O) groups excluding carboxylic acids is 1. The predicted octanol–water partition coefficient (Wildman–Crippen LogP) is 3.54. The Bertz CT molecular complexity index is 841. The van der Waals surface area contributed by atoms with Gasteiger partial charge in [0.2, 0.25) is 0 Å². The zero-order chi connectivity index (χ0) is 15.9. The molecule has 1 amide bonds. The van der Waals surface area contributed by atoms with Crippen molar-refractivity contribution < 1.29 is 4.79 Å². The third-order valence-electron chi connectivity index (χ3n) is 4.48.